The number of hydrogen-bond donors (Lipinski definition) is 0. The number of nitrogens with zero attached hydrogens (tertiary/aromatic N) is 2. The quantitative estimate of drug-likeness (QED) is 0.806. The maximum Gasteiger partial charge on any atom is 0.257 e. The number of benzene rings is 1. The van der Waals surface area contributed by atoms with E-state index in [1.54, 1.807) is 7.11 Å². The van der Waals surface area contributed by atoms with Crippen molar-refractivity contribution in [3.8, 4) is 5.75 Å². The van der Waals surface area contributed by atoms with Crippen LogP contribution >= 0.6 is 0 Å². The Morgan fingerprint density at radius 2 is 2.00 bits per heavy atom. The zero-order chi connectivity index (χ0) is 19.2. The second-order valence-electron chi connectivity index (χ2n) is 6.92. The first-order valence-electron chi connectivity index (χ1n) is 9.46. The van der Waals surface area contributed by atoms with Gasteiger partial charge in [-0.1, -0.05) is 30.4 Å². The molecule has 3 rings (SSSR count). The van der Waals surface area contributed by atoms with Gasteiger partial charge in [0.05, 0.1) is 12.7 Å². The molecule has 27 heavy (non-hydrogen) atoms. The summed E-state index contributed by atoms with van der Waals surface area (Å²) in [6.45, 7) is 7.99. The molecule has 1 amide bonds. The Hall–Kier alpha value is -2.53. The summed E-state index contributed by atoms with van der Waals surface area (Å²) in [4.78, 5) is 17.1. The minimum absolute atomic E-state index is 0.0794. The Bertz CT molecular complexity index is 810. The van der Waals surface area contributed by atoms with Crippen molar-refractivity contribution in [1.29, 1.82) is 0 Å². The number of hydrogen-bond acceptors (Lipinski definition) is 4. The molecule has 0 radical (unpaired) electrons. The lowest BCUT2D eigenvalue weighted by atomic mass is 10.2. The second-order valence-corrected chi connectivity index (χ2v) is 6.92. The molecule has 0 N–H and O–H groups in total. The van der Waals surface area contributed by atoms with Crippen LogP contribution in [0.2, 0.25) is 0 Å². The van der Waals surface area contributed by atoms with Crippen LogP contribution in [-0.4, -0.2) is 55.5 Å². The fourth-order valence-electron chi connectivity index (χ4n) is 3.50. The molecule has 0 atom stereocenters. The Morgan fingerprint density at radius 1 is 1.19 bits per heavy atom. The first-order valence-corrected chi connectivity index (χ1v) is 9.46. The summed E-state index contributed by atoms with van der Waals surface area (Å²) in [6, 6.07) is 9.84. The SMILES string of the molecule is COc1ccccc1/C=C/CN1CCCN(C(=O)c2cc(C)oc2C)CC1. The van der Waals surface area contributed by atoms with Crippen LogP contribution in [-0.2, 0) is 0 Å². The normalized spacial score (nSPS) is 15.9. The largest absolute Gasteiger partial charge is 0.496 e. The van der Waals surface area contributed by atoms with Gasteiger partial charge in [-0.15, -0.1) is 0 Å². The predicted molar refractivity (Wildman–Crippen MR) is 107 cm³/mol. The van der Waals surface area contributed by atoms with Gasteiger partial charge in [0.1, 0.15) is 17.3 Å². The Balaban J connectivity index is 1.56. The monoisotopic (exact) mass is 368 g/mol. The highest BCUT2D eigenvalue weighted by Gasteiger charge is 2.22. The third-order valence-corrected chi connectivity index (χ3v) is 4.95. The molecule has 5 heteroatoms. The van der Waals surface area contributed by atoms with E-state index in [0.29, 0.717) is 11.3 Å². The zero-order valence-corrected chi connectivity index (χ0v) is 16.4. The molecule has 0 bridgehead atoms. The molecule has 0 unspecified atom stereocenters. The lowest BCUT2D eigenvalue weighted by Gasteiger charge is -2.21. The number of rotatable bonds is 5. The highest BCUT2D eigenvalue weighted by atomic mass is 16.5. The molecule has 0 aliphatic carbocycles. The Kier molecular flexibility index (Phi) is 6.35. The van der Waals surface area contributed by atoms with Gasteiger partial charge >= 0.3 is 0 Å². The summed E-state index contributed by atoms with van der Waals surface area (Å²) in [5.41, 5.74) is 1.77. The van der Waals surface area contributed by atoms with Gasteiger partial charge < -0.3 is 14.1 Å². The van der Waals surface area contributed by atoms with Crippen LogP contribution in [0.5, 0.6) is 5.75 Å². The van der Waals surface area contributed by atoms with Gasteiger partial charge in [0.15, 0.2) is 0 Å². The molecule has 5 nitrogen and oxygen atoms in total. The van der Waals surface area contributed by atoms with Crippen LogP contribution in [0, 0.1) is 13.8 Å². The molecular formula is C22H28N2O3. The van der Waals surface area contributed by atoms with Gasteiger partial charge in [-0.2, -0.15) is 0 Å². The first kappa shape index (κ1) is 19.2. The molecule has 1 aliphatic heterocycles. The van der Waals surface area contributed by atoms with Gasteiger partial charge in [-0.25, -0.2) is 0 Å². The van der Waals surface area contributed by atoms with Gasteiger partial charge in [0.25, 0.3) is 5.91 Å². The molecule has 1 saturated heterocycles. The molecule has 2 heterocycles. The third-order valence-electron chi connectivity index (χ3n) is 4.95. The number of methoxy groups -OCH3 is 1. The van der Waals surface area contributed by atoms with E-state index in [-0.39, 0.29) is 5.91 Å². The number of amides is 1. The topological polar surface area (TPSA) is 45.9 Å². The third kappa shape index (κ3) is 4.80. The number of aryl methyl sites for hydroxylation is 2. The van der Waals surface area contributed by atoms with Crippen LogP contribution in [0.4, 0.5) is 0 Å². The second kappa shape index (κ2) is 8.91. The fraction of sp³-hybridized carbons (Fsp3) is 0.409. The van der Waals surface area contributed by atoms with E-state index in [4.69, 9.17) is 9.15 Å². The van der Waals surface area contributed by atoms with Crippen molar-refractivity contribution in [3.63, 3.8) is 0 Å². The molecule has 0 spiro atoms. The lowest BCUT2D eigenvalue weighted by Crippen LogP contribution is -2.35. The zero-order valence-electron chi connectivity index (χ0n) is 16.4. The van der Waals surface area contributed by atoms with Gasteiger partial charge in [0, 0.05) is 38.3 Å². The van der Waals surface area contributed by atoms with E-state index in [1.807, 2.05) is 49.1 Å². The van der Waals surface area contributed by atoms with Crippen molar-refractivity contribution in [1.82, 2.24) is 9.80 Å². The van der Waals surface area contributed by atoms with Gasteiger partial charge in [-0.05, 0) is 32.4 Å². The Morgan fingerprint density at radius 3 is 2.74 bits per heavy atom. The number of carbonyl (C=O) groups excluding carboxylic acids is 1. The molecular weight excluding hydrogens is 340 g/mol. The minimum atomic E-state index is 0.0794. The molecule has 1 fully saturated rings. The highest BCUT2D eigenvalue weighted by molar-refractivity contribution is 5.95. The summed E-state index contributed by atoms with van der Waals surface area (Å²) >= 11 is 0. The van der Waals surface area contributed by atoms with Crippen LogP contribution in [0.1, 0.15) is 33.9 Å². The number of carbonyl (C=O) groups is 1. The average Bonchev–Trinajstić information content (AvgIpc) is 2.86. The van der Waals surface area contributed by atoms with Crippen molar-refractivity contribution in [3.05, 3.63) is 59.1 Å². The van der Waals surface area contributed by atoms with E-state index in [0.717, 1.165) is 56.2 Å². The smallest absolute Gasteiger partial charge is 0.257 e. The summed E-state index contributed by atoms with van der Waals surface area (Å²) in [7, 11) is 1.69. The molecule has 1 aromatic heterocycles. The van der Waals surface area contributed by atoms with Crippen molar-refractivity contribution < 1.29 is 13.9 Å². The minimum Gasteiger partial charge on any atom is -0.496 e. The van der Waals surface area contributed by atoms with Crippen molar-refractivity contribution in [2.24, 2.45) is 0 Å². The number of furan rings is 1. The maximum absolute atomic E-state index is 12.8. The highest BCUT2D eigenvalue weighted by Crippen LogP contribution is 2.19. The number of ether oxygens (including phenoxy) is 1. The maximum atomic E-state index is 12.8. The first-order chi connectivity index (χ1) is 13.1. The lowest BCUT2D eigenvalue weighted by molar-refractivity contribution is 0.0760. The van der Waals surface area contributed by atoms with E-state index in [1.165, 1.54) is 0 Å². The van der Waals surface area contributed by atoms with Crippen molar-refractivity contribution in [2.75, 3.05) is 39.8 Å². The van der Waals surface area contributed by atoms with E-state index in [9.17, 15) is 4.79 Å². The summed E-state index contributed by atoms with van der Waals surface area (Å²) < 4.78 is 10.9. The van der Waals surface area contributed by atoms with Crippen LogP contribution in [0.3, 0.4) is 0 Å². The number of para-hydroxylation sites is 1. The van der Waals surface area contributed by atoms with Crippen LogP contribution < -0.4 is 4.74 Å². The van der Waals surface area contributed by atoms with E-state index >= 15 is 0 Å². The van der Waals surface area contributed by atoms with Crippen molar-refractivity contribution in [2.45, 2.75) is 20.3 Å². The van der Waals surface area contributed by atoms with Crippen LogP contribution in [0.15, 0.2) is 40.8 Å². The van der Waals surface area contributed by atoms with Crippen LogP contribution in [0.25, 0.3) is 6.08 Å². The molecule has 144 valence electrons. The molecule has 2 aromatic rings. The molecule has 1 aromatic carbocycles. The summed E-state index contributed by atoms with van der Waals surface area (Å²) in [5.74, 6) is 2.45. The molecule has 1 aliphatic rings. The van der Waals surface area contributed by atoms with E-state index < -0.39 is 0 Å². The Labute approximate surface area is 161 Å². The molecule has 0 saturated carbocycles. The predicted octanol–water partition coefficient (Wildman–Crippen LogP) is 3.77. The summed E-state index contributed by atoms with van der Waals surface area (Å²) in [5, 5.41) is 0. The summed E-state index contributed by atoms with van der Waals surface area (Å²) in [6.07, 6.45) is 5.24. The average molecular weight is 368 g/mol. The van der Waals surface area contributed by atoms with Gasteiger partial charge in [-0.3, -0.25) is 9.69 Å². The standard InChI is InChI=1S/C22H28N2O3/c1-17-16-20(18(2)27-17)22(25)24-13-7-12-23(14-15-24)11-6-9-19-8-4-5-10-21(19)26-3/h4-6,8-10,16H,7,11-15H2,1-3H3/b9-6+. The van der Waals surface area contributed by atoms with Gasteiger partial charge in [0.2, 0.25) is 0 Å². The fourth-order valence-corrected chi connectivity index (χ4v) is 3.50. The van der Waals surface area contributed by atoms with E-state index in [2.05, 4.69) is 17.1 Å². The van der Waals surface area contributed by atoms with Crippen molar-refractivity contribution >= 4 is 12.0 Å².